The van der Waals surface area contributed by atoms with Gasteiger partial charge in [-0.25, -0.2) is 5.26 Å². The van der Waals surface area contributed by atoms with E-state index < -0.39 is 20.6 Å². The number of hydrogen-bond acceptors (Lipinski definition) is 5. The Morgan fingerprint density at radius 3 is 2.14 bits per heavy atom. The van der Waals surface area contributed by atoms with E-state index in [9.17, 15) is 13.2 Å². The van der Waals surface area contributed by atoms with Crippen LogP contribution in [-0.2, 0) is 19.2 Å². The Bertz CT molecular complexity index is 313. The molecular formula is C8H14O5S. The van der Waals surface area contributed by atoms with Crippen molar-refractivity contribution in [1.82, 2.24) is 0 Å². The van der Waals surface area contributed by atoms with Crippen molar-refractivity contribution >= 4 is 15.9 Å². The molecule has 1 aliphatic carbocycles. The quantitative estimate of drug-likeness (QED) is 0.571. The van der Waals surface area contributed by atoms with Gasteiger partial charge in [0.2, 0.25) is 0 Å². The van der Waals surface area contributed by atoms with Crippen molar-refractivity contribution in [3.63, 3.8) is 0 Å². The van der Waals surface area contributed by atoms with E-state index in [1.165, 1.54) is 6.92 Å². The second-order valence-corrected chi connectivity index (χ2v) is 5.48. The zero-order chi connectivity index (χ0) is 10.8. The van der Waals surface area contributed by atoms with Crippen molar-refractivity contribution in [3.05, 3.63) is 0 Å². The van der Waals surface area contributed by atoms with Crippen molar-refractivity contribution in [1.29, 1.82) is 0 Å². The third-order valence-corrected chi connectivity index (χ3v) is 4.73. The van der Waals surface area contributed by atoms with Crippen LogP contribution in [0.4, 0.5) is 0 Å². The Hall–Kier alpha value is -0.460. The van der Waals surface area contributed by atoms with Crippen molar-refractivity contribution in [3.8, 4) is 0 Å². The fraction of sp³-hybridized carbons (Fsp3) is 0.875. The largest absolute Gasteiger partial charge is 0.306 e. The summed E-state index contributed by atoms with van der Waals surface area (Å²) in [6.07, 6.45) is 2.73. The van der Waals surface area contributed by atoms with Crippen molar-refractivity contribution in [2.75, 3.05) is 0 Å². The first-order valence-corrected chi connectivity index (χ1v) is 5.96. The molecule has 5 nitrogen and oxygen atoms in total. The van der Waals surface area contributed by atoms with Crippen LogP contribution in [-0.4, -0.2) is 24.2 Å². The molecule has 0 aromatic rings. The molecule has 14 heavy (non-hydrogen) atoms. The summed E-state index contributed by atoms with van der Waals surface area (Å²) in [5, 5.41) is 8.32. The molecular weight excluding hydrogens is 208 g/mol. The van der Waals surface area contributed by atoms with Crippen LogP contribution < -0.4 is 0 Å². The molecule has 0 unspecified atom stereocenters. The van der Waals surface area contributed by atoms with E-state index in [2.05, 4.69) is 4.33 Å². The van der Waals surface area contributed by atoms with Gasteiger partial charge in [0.1, 0.15) is 0 Å². The van der Waals surface area contributed by atoms with E-state index in [-0.39, 0.29) is 12.8 Å². The minimum absolute atomic E-state index is 0.241. The normalized spacial score (nSPS) is 21.9. The van der Waals surface area contributed by atoms with Crippen molar-refractivity contribution in [2.24, 2.45) is 0 Å². The third kappa shape index (κ3) is 1.69. The van der Waals surface area contributed by atoms with Gasteiger partial charge in [-0.1, -0.05) is 19.3 Å². The fourth-order valence-electron chi connectivity index (χ4n) is 1.97. The molecule has 0 aromatic carbocycles. The highest BCUT2D eigenvalue weighted by molar-refractivity contribution is 7.88. The fourth-order valence-corrected chi connectivity index (χ4v) is 3.26. The van der Waals surface area contributed by atoms with E-state index in [4.69, 9.17) is 5.26 Å². The number of carbonyl (C=O) groups is 1. The van der Waals surface area contributed by atoms with E-state index in [1.54, 1.807) is 0 Å². The molecule has 1 aliphatic rings. The predicted molar refractivity (Wildman–Crippen MR) is 49.1 cm³/mol. The minimum atomic E-state index is -4.18. The molecule has 82 valence electrons. The Balaban J connectivity index is 3.10. The summed E-state index contributed by atoms with van der Waals surface area (Å²) in [5.74, 6) is -0.453. The Kier molecular flexibility index (Phi) is 3.28. The lowest BCUT2D eigenvalue weighted by Gasteiger charge is -2.31. The standard InChI is InChI=1S/C8H14O5S/c1-7(9)8(14(11,12)13-10)5-3-2-4-6-8/h10H,2-6H2,1H3. The van der Waals surface area contributed by atoms with E-state index in [0.717, 1.165) is 6.42 Å². The Morgan fingerprint density at radius 1 is 1.29 bits per heavy atom. The SMILES string of the molecule is CC(=O)C1(S(=O)(=O)OO)CCCCC1. The zero-order valence-electron chi connectivity index (χ0n) is 8.02. The van der Waals surface area contributed by atoms with Gasteiger partial charge < -0.3 is 0 Å². The van der Waals surface area contributed by atoms with Gasteiger partial charge in [-0.15, -0.1) is 4.33 Å². The molecule has 0 saturated heterocycles. The summed E-state index contributed by atoms with van der Waals surface area (Å²) in [4.78, 5) is 11.4. The van der Waals surface area contributed by atoms with Crippen LogP contribution in [0.15, 0.2) is 0 Å². The Morgan fingerprint density at radius 2 is 1.79 bits per heavy atom. The summed E-state index contributed by atoms with van der Waals surface area (Å²) in [6, 6.07) is 0. The highest BCUT2D eigenvalue weighted by Crippen LogP contribution is 2.36. The predicted octanol–water partition coefficient (Wildman–Crippen LogP) is 1.10. The molecule has 0 amide bonds. The minimum Gasteiger partial charge on any atom is -0.298 e. The topological polar surface area (TPSA) is 80.7 Å². The number of hydrogen-bond donors (Lipinski definition) is 1. The van der Waals surface area contributed by atoms with E-state index in [1.807, 2.05) is 0 Å². The molecule has 1 saturated carbocycles. The van der Waals surface area contributed by atoms with Crippen LogP contribution in [0.3, 0.4) is 0 Å². The van der Waals surface area contributed by atoms with Gasteiger partial charge in [0.05, 0.1) is 0 Å². The van der Waals surface area contributed by atoms with Gasteiger partial charge in [0, 0.05) is 0 Å². The van der Waals surface area contributed by atoms with E-state index >= 15 is 0 Å². The molecule has 0 bridgehead atoms. The van der Waals surface area contributed by atoms with Crippen LogP contribution in [0.25, 0.3) is 0 Å². The highest BCUT2D eigenvalue weighted by Gasteiger charge is 2.50. The first-order chi connectivity index (χ1) is 6.46. The summed E-state index contributed by atoms with van der Waals surface area (Å²) in [5.41, 5.74) is 0. The van der Waals surface area contributed by atoms with Crippen molar-refractivity contribution in [2.45, 2.75) is 43.8 Å². The summed E-state index contributed by atoms with van der Waals surface area (Å²) in [6.45, 7) is 1.22. The van der Waals surface area contributed by atoms with Crippen LogP contribution >= 0.6 is 0 Å². The first-order valence-electron chi connectivity index (χ1n) is 4.55. The van der Waals surface area contributed by atoms with E-state index in [0.29, 0.717) is 12.8 Å². The lowest BCUT2D eigenvalue weighted by atomic mass is 9.86. The molecule has 0 atom stereocenters. The molecule has 1 N–H and O–H groups in total. The molecule has 0 spiro atoms. The van der Waals surface area contributed by atoms with Gasteiger partial charge in [0.25, 0.3) is 0 Å². The Labute approximate surface area is 83.1 Å². The molecule has 0 aliphatic heterocycles. The van der Waals surface area contributed by atoms with Crippen LogP contribution in [0.5, 0.6) is 0 Å². The lowest BCUT2D eigenvalue weighted by molar-refractivity contribution is -0.138. The van der Waals surface area contributed by atoms with Crippen LogP contribution in [0.1, 0.15) is 39.0 Å². The average molecular weight is 222 g/mol. The molecule has 1 rings (SSSR count). The van der Waals surface area contributed by atoms with Crippen molar-refractivity contribution < 1.29 is 22.8 Å². The van der Waals surface area contributed by atoms with Gasteiger partial charge in [0.15, 0.2) is 10.5 Å². The second kappa shape index (κ2) is 3.96. The maximum absolute atomic E-state index is 11.4. The maximum atomic E-state index is 11.4. The summed E-state index contributed by atoms with van der Waals surface area (Å²) >= 11 is 0. The number of carbonyl (C=O) groups excluding carboxylic acids is 1. The molecule has 6 heteroatoms. The highest BCUT2D eigenvalue weighted by atomic mass is 32.2. The average Bonchev–Trinajstić information content (AvgIpc) is 2.18. The van der Waals surface area contributed by atoms with Gasteiger partial charge in [-0.2, -0.15) is 8.42 Å². The molecule has 0 radical (unpaired) electrons. The van der Waals surface area contributed by atoms with Gasteiger partial charge >= 0.3 is 10.1 Å². The van der Waals surface area contributed by atoms with Crippen LogP contribution in [0.2, 0.25) is 0 Å². The third-order valence-electron chi connectivity index (χ3n) is 2.88. The number of rotatable bonds is 3. The second-order valence-electron chi connectivity index (χ2n) is 3.64. The number of ketones is 1. The lowest BCUT2D eigenvalue weighted by Crippen LogP contribution is -2.47. The molecule has 0 aromatic heterocycles. The van der Waals surface area contributed by atoms with Crippen LogP contribution in [0, 0.1) is 0 Å². The molecule has 1 fully saturated rings. The summed E-state index contributed by atoms with van der Waals surface area (Å²) in [7, 11) is -4.18. The molecule has 0 heterocycles. The smallest absolute Gasteiger partial charge is 0.298 e. The number of Topliss-reactive ketones (excluding diaryl/α,β-unsaturated/α-hetero) is 1. The summed E-state index contributed by atoms with van der Waals surface area (Å²) < 4.78 is 24.8. The zero-order valence-corrected chi connectivity index (χ0v) is 8.84. The van der Waals surface area contributed by atoms with Gasteiger partial charge in [-0.05, 0) is 19.8 Å². The first kappa shape index (κ1) is 11.6. The van der Waals surface area contributed by atoms with Gasteiger partial charge in [-0.3, -0.25) is 4.79 Å². The monoisotopic (exact) mass is 222 g/mol. The maximum Gasteiger partial charge on any atom is 0.306 e.